The molecule has 12 heavy (non-hydrogen) atoms. The molecule has 0 bridgehead atoms. The van der Waals surface area contributed by atoms with Crippen molar-refractivity contribution in [3.63, 3.8) is 0 Å². The quantitative estimate of drug-likeness (QED) is 0.241. The summed E-state index contributed by atoms with van der Waals surface area (Å²) in [6.07, 6.45) is 7.18. The van der Waals surface area contributed by atoms with Crippen LogP contribution in [0.4, 0.5) is 0 Å². The molecule has 3 heteroatoms. The number of aldehydes is 1. The van der Waals surface area contributed by atoms with Crippen molar-refractivity contribution in [2.24, 2.45) is 0 Å². The first-order valence-corrected chi connectivity index (χ1v) is 4.08. The lowest BCUT2D eigenvalue weighted by molar-refractivity contribution is -0.104. The number of methoxy groups -OCH3 is 1. The van der Waals surface area contributed by atoms with Crippen LogP contribution in [0.1, 0.15) is 19.3 Å². The highest BCUT2D eigenvalue weighted by Gasteiger charge is 1.86. The van der Waals surface area contributed by atoms with Crippen LogP contribution >= 0.6 is 0 Å². The Morgan fingerprint density at radius 3 is 2.83 bits per heavy atom. The fourth-order valence-corrected chi connectivity index (χ4v) is 0.760. The Morgan fingerprint density at radius 1 is 1.33 bits per heavy atom. The number of ether oxygens (including phenoxy) is 2. The van der Waals surface area contributed by atoms with Gasteiger partial charge in [0.05, 0.1) is 0 Å². The van der Waals surface area contributed by atoms with Crippen LogP contribution < -0.4 is 0 Å². The molecule has 0 aliphatic heterocycles. The summed E-state index contributed by atoms with van der Waals surface area (Å²) in [4.78, 5) is 9.85. The van der Waals surface area contributed by atoms with E-state index >= 15 is 0 Å². The summed E-state index contributed by atoms with van der Waals surface area (Å²) >= 11 is 0. The van der Waals surface area contributed by atoms with Gasteiger partial charge in [0.2, 0.25) is 0 Å². The van der Waals surface area contributed by atoms with E-state index in [-0.39, 0.29) is 0 Å². The van der Waals surface area contributed by atoms with Crippen molar-refractivity contribution in [3.05, 3.63) is 12.2 Å². The Kier molecular flexibility index (Phi) is 9.75. The van der Waals surface area contributed by atoms with Crippen molar-refractivity contribution in [2.75, 3.05) is 20.5 Å². The average molecular weight is 172 g/mol. The van der Waals surface area contributed by atoms with Gasteiger partial charge in [0.1, 0.15) is 13.1 Å². The van der Waals surface area contributed by atoms with E-state index < -0.39 is 0 Å². The van der Waals surface area contributed by atoms with Crippen LogP contribution in [-0.4, -0.2) is 26.8 Å². The zero-order valence-electron chi connectivity index (χ0n) is 7.49. The average Bonchev–Trinajstić information content (AvgIpc) is 2.10. The molecule has 0 aromatic rings. The lowest BCUT2D eigenvalue weighted by Crippen LogP contribution is -1.97. The van der Waals surface area contributed by atoms with Crippen LogP contribution in [0.3, 0.4) is 0 Å². The van der Waals surface area contributed by atoms with E-state index in [1.165, 1.54) is 6.08 Å². The molecule has 0 aliphatic carbocycles. The second-order valence-corrected chi connectivity index (χ2v) is 2.37. The van der Waals surface area contributed by atoms with Gasteiger partial charge in [0.15, 0.2) is 0 Å². The Morgan fingerprint density at radius 2 is 2.17 bits per heavy atom. The summed E-state index contributed by atoms with van der Waals surface area (Å²) in [6, 6.07) is 0. The predicted molar refractivity (Wildman–Crippen MR) is 46.9 cm³/mol. The van der Waals surface area contributed by atoms with E-state index in [1.54, 1.807) is 7.11 Å². The van der Waals surface area contributed by atoms with Crippen LogP contribution in [-0.2, 0) is 14.3 Å². The smallest absolute Gasteiger partial charge is 0.146 e. The van der Waals surface area contributed by atoms with Crippen molar-refractivity contribution >= 4 is 6.29 Å². The maximum absolute atomic E-state index is 9.85. The third-order valence-corrected chi connectivity index (χ3v) is 1.33. The third kappa shape index (κ3) is 9.33. The summed E-state index contributed by atoms with van der Waals surface area (Å²) in [5.74, 6) is 0. The van der Waals surface area contributed by atoms with Crippen molar-refractivity contribution in [1.82, 2.24) is 0 Å². The van der Waals surface area contributed by atoms with Gasteiger partial charge in [0, 0.05) is 13.7 Å². The largest absolute Gasteiger partial charge is 0.359 e. The Hall–Kier alpha value is -0.670. The fraction of sp³-hybridized carbons (Fsp3) is 0.667. The van der Waals surface area contributed by atoms with Gasteiger partial charge in [-0.2, -0.15) is 0 Å². The van der Waals surface area contributed by atoms with Gasteiger partial charge in [-0.25, -0.2) is 0 Å². The molecule has 0 saturated carbocycles. The number of carbonyl (C=O) groups excluding carboxylic acids is 1. The van der Waals surface area contributed by atoms with Gasteiger partial charge in [0.25, 0.3) is 0 Å². The van der Waals surface area contributed by atoms with Gasteiger partial charge in [-0.15, -0.1) is 0 Å². The number of unbranched alkanes of at least 4 members (excludes halogenated alkanes) is 2. The summed E-state index contributed by atoms with van der Waals surface area (Å²) < 4.78 is 9.78. The second-order valence-electron chi connectivity index (χ2n) is 2.37. The second kappa shape index (κ2) is 10.3. The van der Waals surface area contributed by atoms with Crippen LogP contribution in [0.5, 0.6) is 0 Å². The fourth-order valence-electron chi connectivity index (χ4n) is 0.760. The summed E-state index contributed by atoms with van der Waals surface area (Å²) in [5.41, 5.74) is 0. The minimum atomic E-state index is 0.365. The van der Waals surface area contributed by atoms with Crippen molar-refractivity contribution < 1.29 is 14.3 Å². The van der Waals surface area contributed by atoms with Gasteiger partial charge in [-0.05, 0) is 25.3 Å². The van der Waals surface area contributed by atoms with Gasteiger partial charge < -0.3 is 9.47 Å². The van der Waals surface area contributed by atoms with E-state index in [1.807, 2.05) is 6.08 Å². The monoisotopic (exact) mass is 172 g/mol. The molecule has 0 rings (SSSR count). The van der Waals surface area contributed by atoms with E-state index in [2.05, 4.69) is 0 Å². The zero-order valence-corrected chi connectivity index (χ0v) is 7.49. The molecule has 0 spiro atoms. The van der Waals surface area contributed by atoms with E-state index in [9.17, 15) is 4.79 Å². The van der Waals surface area contributed by atoms with Crippen LogP contribution in [0.25, 0.3) is 0 Å². The van der Waals surface area contributed by atoms with Crippen molar-refractivity contribution in [3.8, 4) is 0 Å². The van der Waals surface area contributed by atoms with Gasteiger partial charge >= 0.3 is 0 Å². The molecule has 0 aromatic heterocycles. The summed E-state index contributed by atoms with van der Waals surface area (Å²) in [7, 11) is 1.60. The van der Waals surface area contributed by atoms with Crippen molar-refractivity contribution in [2.45, 2.75) is 19.3 Å². The highest BCUT2D eigenvalue weighted by atomic mass is 16.7. The standard InChI is InChI=1S/C9H16O3/c1-11-9-12-8-6-4-2-3-5-7-10/h3,5,7H,2,4,6,8-9H2,1H3. The maximum Gasteiger partial charge on any atom is 0.146 e. The van der Waals surface area contributed by atoms with E-state index in [0.29, 0.717) is 6.79 Å². The molecular weight excluding hydrogens is 156 g/mol. The molecule has 0 radical (unpaired) electrons. The first kappa shape index (κ1) is 11.3. The Labute approximate surface area is 73.4 Å². The molecule has 70 valence electrons. The molecule has 0 N–H and O–H groups in total. The van der Waals surface area contributed by atoms with Crippen LogP contribution in [0, 0.1) is 0 Å². The van der Waals surface area contributed by atoms with Gasteiger partial charge in [-0.1, -0.05) is 6.08 Å². The topological polar surface area (TPSA) is 35.5 Å². The van der Waals surface area contributed by atoms with Crippen molar-refractivity contribution in [1.29, 1.82) is 0 Å². The molecule has 0 fully saturated rings. The Bertz CT molecular complexity index is 121. The number of carbonyl (C=O) groups is 1. The minimum absolute atomic E-state index is 0.365. The molecular formula is C9H16O3. The van der Waals surface area contributed by atoms with Gasteiger partial charge in [-0.3, -0.25) is 4.79 Å². The SMILES string of the molecule is COCOCCCCC=CC=O. The van der Waals surface area contributed by atoms with E-state index in [4.69, 9.17) is 9.47 Å². The first-order chi connectivity index (χ1) is 5.91. The molecule has 3 nitrogen and oxygen atoms in total. The molecule has 0 amide bonds. The maximum atomic E-state index is 9.85. The number of hydrogen-bond donors (Lipinski definition) is 0. The number of hydrogen-bond acceptors (Lipinski definition) is 3. The first-order valence-electron chi connectivity index (χ1n) is 4.08. The lowest BCUT2D eigenvalue weighted by Gasteiger charge is -2.00. The molecule has 0 saturated heterocycles. The molecule has 0 unspecified atom stereocenters. The number of allylic oxidation sites excluding steroid dienone is 2. The van der Waals surface area contributed by atoms with Crippen LogP contribution in [0.15, 0.2) is 12.2 Å². The number of rotatable bonds is 8. The highest BCUT2D eigenvalue weighted by molar-refractivity contribution is 5.64. The molecule has 0 heterocycles. The van der Waals surface area contributed by atoms with E-state index in [0.717, 1.165) is 32.2 Å². The molecule has 0 atom stereocenters. The predicted octanol–water partition coefficient (Wildman–Crippen LogP) is 1.53. The molecule has 0 aromatic carbocycles. The lowest BCUT2D eigenvalue weighted by atomic mass is 10.2. The normalized spacial score (nSPS) is 10.8. The Balaban J connectivity index is 2.90. The highest BCUT2D eigenvalue weighted by Crippen LogP contribution is 1.96. The minimum Gasteiger partial charge on any atom is -0.359 e. The van der Waals surface area contributed by atoms with Crippen LogP contribution in [0.2, 0.25) is 0 Å². The molecule has 0 aliphatic rings. The zero-order chi connectivity index (χ0) is 9.07. The third-order valence-electron chi connectivity index (χ3n) is 1.33. The summed E-state index contributed by atoms with van der Waals surface area (Å²) in [6.45, 7) is 1.09. The summed E-state index contributed by atoms with van der Waals surface area (Å²) in [5, 5.41) is 0.